The van der Waals surface area contributed by atoms with Crippen molar-refractivity contribution in [1.82, 2.24) is 0 Å². The Balaban J connectivity index is 3.71. The Morgan fingerprint density at radius 2 is 1.89 bits per heavy atom. The number of rotatable bonds is 3. The molecule has 0 aliphatic carbocycles. The van der Waals surface area contributed by atoms with E-state index in [1.807, 2.05) is 0 Å². The van der Waals surface area contributed by atoms with Crippen LogP contribution in [-0.4, -0.2) is 12.3 Å². The zero-order chi connectivity index (χ0) is 7.49. The molecule has 4 heteroatoms. The number of allylic oxidation sites excluding steroid dienone is 1. The summed E-state index contributed by atoms with van der Waals surface area (Å²) in [6.45, 7) is 2.70. The van der Waals surface area contributed by atoms with Crippen LogP contribution in [0.15, 0.2) is 12.7 Å². The van der Waals surface area contributed by atoms with Crippen molar-refractivity contribution >= 4 is 0 Å². The molecule has 0 aromatic heterocycles. The average Bonchev–Trinajstić information content (AvgIpc) is 1.63. The molecule has 0 spiro atoms. The Morgan fingerprint density at radius 3 is 2.00 bits per heavy atom. The molecule has 0 aromatic rings. The van der Waals surface area contributed by atoms with Gasteiger partial charge in [-0.3, -0.25) is 0 Å². The van der Waals surface area contributed by atoms with Crippen molar-refractivity contribution in [2.75, 3.05) is 0 Å². The van der Waals surface area contributed by atoms with E-state index < -0.39 is 18.8 Å². The molecule has 0 fully saturated rings. The van der Waals surface area contributed by atoms with Crippen molar-refractivity contribution in [2.24, 2.45) is 0 Å². The smallest absolute Gasteiger partial charge is 0.210 e. The van der Waals surface area contributed by atoms with E-state index in [-0.39, 0.29) is 6.08 Å². The van der Waals surface area contributed by atoms with Crippen molar-refractivity contribution in [3.05, 3.63) is 12.7 Å². The molecule has 0 saturated carbocycles. The minimum absolute atomic E-state index is 0.221. The summed E-state index contributed by atoms with van der Waals surface area (Å²) in [5, 5.41) is 0. The third-order valence-electron chi connectivity index (χ3n) is 0.725. The van der Waals surface area contributed by atoms with Gasteiger partial charge in [-0.15, -0.1) is 0 Å². The molecule has 0 aromatic carbocycles. The molecule has 0 N–H and O–H groups in total. The third kappa shape index (κ3) is 4.00. The zero-order valence-corrected chi connectivity index (χ0v) is 4.58. The molecule has 0 aliphatic rings. The molecule has 54 valence electrons. The minimum Gasteiger partial charge on any atom is -0.210 e. The maximum atomic E-state index is 11.8. The van der Waals surface area contributed by atoms with Gasteiger partial charge in [-0.25, -0.2) is 17.6 Å². The van der Waals surface area contributed by atoms with Gasteiger partial charge in [-0.1, -0.05) is 6.58 Å². The first-order chi connectivity index (χ1) is 3.98. The van der Waals surface area contributed by atoms with Crippen LogP contribution in [0.5, 0.6) is 0 Å². The summed E-state index contributed by atoms with van der Waals surface area (Å²) in [5.41, 5.74) is 0. The van der Waals surface area contributed by atoms with Crippen molar-refractivity contribution < 1.29 is 17.6 Å². The zero-order valence-electron chi connectivity index (χ0n) is 4.58. The molecule has 0 saturated heterocycles. The van der Waals surface area contributed by atoms with E-state index in [1.54, 1.807) is 0 Å². The average molecular weight is 142 g/mol. The van der Waals surface area contributed by atoms with E-state index >= 15 is 0 Å². The van der Waals surface area contributed by atoms with Crippen LogP contribution in [0.2, 0.25) is 0 Å². The molecule has 0 unspecified atom stereocenters. The van der Waals surface area contributed by atoms with Crippen LogP contribution in [0.25, 0.3) is 0 Å². The van der Waals surface area contributed by atoms with Crippen LogP contribution in [0.4, 0.5) is 17.6 Å². The minimum atomic E-state index is -3.42. The molecule has 0 heterocycles. The fourth-order valence-electron chi connectivity index (χ4n) is 0.289. The fraction of sp³-hybridized carbons (Fsp3) is 0.600. The second-order valence-corrected chi connectivity index (χ2v) is 1.56. The first kappa shape index (κ1) is 8.46. The lowest BCUT2D eigenvalue weighted by Gasteiger charge is -2.08. The molecular formula is C5H6F4. The van der Waals surface area contributed by atoms with E-state index in [9.17, 15) is 17.6 Å². The van der Waals surface area contributed by atoms with E-state index in [0.717, 1.165) is 0 Å². The van der Waals surface area contributed by atoms with Gasteiger partial charge in [0.25, 0.3) is 5.92 Å². The van der Waals surface area contributed by atoms with Crippen LogP contribution in [-0.2, 0) is 0 Å². The summed E-state index contributed by atoms with van der Waals surface area (Å²) in [6, 6.07) is 0. The van der Waals surface area contributed by atoms with E-state index in [4.69, 9.17) is 0 Å². The predicted molar refractivity (Wildman–Crippen MR) is 25.8 cm³/mol. The standard InChI is InChI=1S/C5H6F4/c1-2-5(8,9)3-4(6)7/h2,4H,1,3H2. The highest BCUT2D eigenvalue weighted by Crippen LogP contribution is 2.22. The van der Waals surface area contributed by atoms with Crippen LogP contribution in [0.1, 0.15) is 6.42 Å². The second kappa shape index (κ2) is 2.85. The van der Waals surface area contributed by atoms with Crippen molar-refractivity contribution in [3.63, 3.8) is 0 Å². The van der Waals surface area contributed by atoms with Gasteiger partial charge in [0.2, 0.25) is 6.43 Å². The van der Waals surface area contributed by atoms with Gasteiger partial charge < -0.3 is 0 Å². The van der Waals surface area contributed by atoms with Gasteiger partial charge in [0.05, 0.1) is 6.42 Å². The predicted octanol–water partition coefficient (Wildman–Crippen LogP) is 2.46. The molecular weight excluding hydrogens is 136 g/mol. The normalized spacial score (nSPS) is 12.1. The lowest BCUT2D eigenvalue weighted by atomic mass is 10.2. The highest BCUT2D eigenvalue weighted by molar-refractivity contribution is 4.87. The highest BCUT2D eigenvalue weighted by Gasteiger charge is 2.28. The first-order valence-corrected chi connectivity index (χ1v) is 2.27. The fourth-order valence-corrected chi connectivity index (χ4v) is 0.289. The van der Waals surface area contributed by atoms with Crippen LogP contribution in [0.3, 0.4) is 0 Å². The van der Waals surface area contributed by atoms with Crippen molar-refractivity contribution in [1.29, 1.82) is 0 Å². The first-order valence-electron chi connectivity index (χ1n) is 2.27. The van der Waals surface area contributed by atoms with Crippen molar-refractivity contribution in [3.8, 4) is 0 Å². The van der Waals surface area contributed by atoms with Crippen LogP contribution < -0.4 is 0 Å². The summed E-state index contributed by atoms with van der Waals surface area (Å²) in [6.07, 6.45) is -4.19. The Hall–Kier alpha value is -0.540. The Morgan fingerprint density at radius 1 is 1.44 bits per heavy atom. The van der Waals surface area contributed by atoms with Gasteiger partial charge in [0, 0.05) is 0 Å². The summed E-state index contributed by atoms with van der Waals surface area (Å²) < 4.78 is 46.0. The molecule has 0 nitrogen and oxygen atoms in total. The van der Waals surface area contributed by atoms with Gasteiger partial charge in [0.15, 0.2) is 0 Å². The van der Waals surface area contributed by atoms with Crippen LogP contribution >= 0.6 is 0 Å². The Kier molecular flexibility index (Phi) is 2.67. The Labute approximate surface area is 50.2 Å². The van der Waals surface area contributed by atoms with E-state index in [2.05, 4.69) is 6.58 Å². The molecule has 9 heavy (non-hydrogen) atoms. The largest absolute Gasteiger partial charge is 0.271 e. The van der Waals surface area contributed by atoms with E-state index in [1.165, 1.54) is 0 Å². The van der Waals surface area contributed by atoms with E-state index in [0.29, 0.717) is 0 Å². The second-order valence-electron chi connectivity index (χ2n) is 1.56. The molecule has 0 amide bonds. The van der Waals surface area contributed by atoms with Crippen LogP contribution in [0, 0.1) is 0 Å². The van der Waals surface area contributed by atoms with Gasteiger partial charge >= 0.3 is 0 Å². The summed E-state index contributed by atoms with van der Waals surface area (Å²) >= 11 is 0. The molecule has 0 atom stereocenters. The van der Waals surface area contributed by atoms with Crippen molar-refractivity contribution in [2.45, 2.75) is 18.8 Å². The van der Waals surface area contributed by atoms with Gasteiger partial charge in [0.1, 0.15) is 0 Å². The highest BCUT2D eigenvalue weighted by atomic mass is 19.3. The van der Waals surface area contributed by atoms with Gasteiger partial charge in [-0.2, -0.15) is 0 Å². The van der Waals surface area contributed by atoms with Gasteiger partial charge in [-0.05, 0) is 6.08 Å². The quantitative estimate of drug-likeness (QED) is 0.419. The molecule has 0 aliphatic heterocycles. The topological polar surface area (TPSA) is 0 Å². The molecule has 0 rings (SSSR count). The summed E-state index contributed by atoms with van der Waals surface area (Å²) in [4.78, 5) is 0. The number of hydrogen-bond donors (Lipinski definition) is 0. The summed E-state index contributed by atoms with van der Waals surface area (Å²) in [5.74, 6) is -3.42. The lowest BCUT2D eigenvalue weighted by molar-refractivity contribution is -0.0142. The maximum absolute atomic E-state index is 11.8. The lowest BCUT2D eigenvalue weighted by Crippen LogP contribution is -2.15. The third-order valence-corrected chi connectivity index (χ3v) is 0.725. The monoisotopic (exact) mass is 142 g/mol. The summed E-state index contributed by atoms with van der Waals surface area (Å²) in [7, 11) is 0. The molecule has 0 radical (unpaired) electrons. The molecule has 0 bridgehead atoms. The number of hydrogen-bond acceptors (Lipinski definition) is 0. The Bertz CT molecular complexity index is 97.1. The number of halogens is 4. The number of alkyl halides is 4. The SMILES string of the molecule is C=CC(F)(F)CC(F)F. The maximum Gasteiger partial charge on any atom is 0.271 e.